The lowest BCUT2D eigenvalue weighted by atomic mass is 10.2. The Labute approximate surface area is 96.1 Å². The van der Waals surface area contributed by atoms with Crippen LogP contribution < -0.4 is 5.32 Å². The van der Waals surface area contributed by atoms with Crippen molar-refractivity contribution in [3.8, 4) is 0 Å². The van der Waals surface area contributed by atoms with Gasteiger partial charge in [0.1, 0.15) is 0 Å². The predicted molar refractivity (Wildman–Crippen MR) is 69.8 cm³/mol. The van der Waals surface area contributed by atoms with Crippen molar-refractivity contribution < 1.29 is 0 Å². The first-order valence-corrected chi connectivity index (χ1v) is 6.82. The maximum absolute atomic E-state index is 3.44. The maximum Gasteiger partial charge on any atom is 0.0445 e. The molecule has 0 aliphatic carbocycles. The van der Waals surface area contributed by atoms with Crippen molar-refractivity contribution in [2.45, 2.75) is 38.3 Å². The zero-order chi connectivity index (χ0) is 11.1. The summed E-state index contributed by atoms with van der Waals surface area (Å²) in [6.07, 6.45) is 1.27. The van der Waals surface area contributed by atoms with Crippen LogP contribution in [-0.4, -0.2) is 16.1 Å². The molecule has 0 aliphatic rings. The van der Waals surface area contributed by atoms with Crippen molar-refractivity contribution in [2.24, 2.45) is 0 Å². The van der Waals surface area contributed by atoms with Crippen LogP contribution in [0.3, 0.4) is 0 Å². The van der Waals surface area contributed by atoms with Gasteiger partial charge >= 0.3 is 0 Å². The van der Waals surface area contributed by atoms with Gasteiger partial charge in [0.05, 0.1) is 0 Å². The van der Waals surface area contributed by atoms with E-state index >= 15 is 0 Å². The fraction of sp³-hybridized carbons (Fsp3) is 0.538. The minimum Gasteiger partial charge on any atom is -0.385 e. The maximum atomic E-state index is 3.44. The molecule has 1 rings (SSSR count). The molecule has 15 heavy (non-hydrogen) atoms. The van der Waals surface area contributed by atoms with Crippen LogP contribution in [0.4, 0.5) is 5.69 Å². The van der Waals surface area contributed by atoms with Crippen molar-refractivity contribution in [1.29, 1.82) is 0 Å². The van der Waals surface area contributed by atoms with Gasteiger partial charge in [0, 0.05) is 21.8 Å². The summed E-state index contributed by atoms with van der Waals surface area (Å²) in [6.45, 7) is 8.04. The SMILES string of the molecule is CC(C)(C)[Si]CCCNc1ccccc1. The van der Waals surface area contributed by atoms with E-state index in [9.17, 15) is 0 Å². The molecule has 0 unspecified atom stereocenters. The summed E-state index contributed by atoms with van der Waals surface area (Å²) in [4.78, 5) is 0. The molecule has 0 amide bonds. The zero-order valence-electron chi connectivity index (χ0n) is 10.0. The second kappa shape index (κ2) is 5.96. The molecule has 0 heterocycles. The van der Waals surface area contributed by atoms with Crippen molar-refractivity contribution in [3.63, 3.8) is 0 Å². The van der Waals surface area contributed by atoms with Gasteiger partial charge in [-0.3, -0.25) is 0 Å². The van der Waals surface area contributed by atoms with E-state index in [0.29, 0.717) is 5.04 Å². The first-order valence-electron chi connectivity index (χ1n) is 5.62. The van der Waals surface area contributed by atoms with E-state index in [1.807, 2.05) is 6.07 Å². The largest absolute Gasteiger partial charge is 0.385 e. The normalized spacial score (nSPS) is 11.4. The molecular weight excluding hydrogens is 198 g/mol. The van der Waals surface area contributed by atoms with Gasteiger partial charge in [-0.25, -0.2) is 0 Å². The van der Waals surface area contributed by atoms with E-state index in [2.05, 4.69) is 50.4 Å². The number of benzene rings is 1. The first kappa shape index (κ1) is 12.3. The summed E-state index contributed by atoms with van der Waals surface area (Å²) in [5.74, 6) is 0. The molecule has 1 aromatic rings. The number of rotatable bonds is 5. The second-order valence-corrected chi connectivity index (χ2v) is 7.18. The Kier molecular flexibility index (Phi) is 4.89. The Hall–Kier alpha value is -0.763. The molecule has 1 aromatic carbocycles. The van der Waals surface area contributed by atoms with Gasteiger partial charge in [-0.2, -0.15) is 0 Å². The zero-order valence-corrected chi connectivity index (χ0v) is 11.0. The van der Waals surface area contributed by atoms with Crippen LogP contribution in [-0.2, 0) is 0 Å². The van der Waals surface area contributed by atoms with Crippen molar-refractivity contribution in [3.05, 3.63) is 30.3 Å². The van der Waals surface area contributed by atoms with Crippen molar-refractivity contribution in [1.82, 2.24) is 0 Å². The topological polar surface area (TPSA) is 12.0 Å². The van der Waals surface area contributed by atoms with Gasteiger partial charge in [-0.1, -0.05) is 45.0 Å². The Morgan fingerprint density at radius 1 is 1.13 bits per heavy atom. The van der Waals surface area contributed by atoms with Gasteiger partial charge in [0.2, 0.25) is 0 Å². The number of para-hydroxylation sites is 1. The third-order valence-corrected chi connectivity index (χ3v) is 3.78. The number of nitrogens with one attached hydrogen (secondary N) is 1. The molecule has 0 aromatic heterocycles. The number of anilines is 1. The average molecular weight is 219 g/mol. The minimum absolute atomic E-state index is 0.507. The number of hydrogen-bond donors (Lipinski definition) is 1. The summed E-state index contributed by atoms with van der Waals surface area (Å²) < 4.78 is 0. The molecule has 2 radical (unpaired) electrons. The van der Waals surface area contributed by atoms with E-state index in [-0.39, 0.29) is 0 Å². The third kappa shape index (κ3) is 6.34. The minimum atomic E-state index is 0.507. The van der Waals surface area contributed by atoms with Gasteiger partial charge in [-0.05, 0) is 23.6 Å². The lowest BCUT2D eigenvalue weighted by molar-refractivity contribution is 0.743. The standard InChI is InChI=1S/C13H21NSi/c1-13(2,3)15-11-7-10-14-12-8-5-4-6-9-12/h4-6,8-9,14H,7,10-11H2,1-3H3. The third-order valence-electron chi connectivity index (χ3n) is 2.11. The Morgan fingerprint density at radius 3 is 2.40 bits per heavy atom. The Bertz CT molecular complexity index is 264. The van der Waals surface area contributed by atoms with Crippen LogP contribution in [0.2, 0.25) is 11.1 Å². The van der Waals surface area contributed by atoms with Gasteiger partial charge in [0.15, 0.2) is 0 Å². The van der Waals surface area contributed by atoms with E-state index in [1.54, 1.807) is 0 Å². The summed E-state index contributed by atoms with van der Waals surface area (Å²) >= 11 is 0. The quantitative estimate of drug-likeness (QED) is 0.586. The summed E-state index contributed by atoms with van der Waals surface area (Å²) in [5.41, 5.74) is 1.23. The molecule has 0 saturated heterocycles. The van der Waals surface area contributed by atoms with Crippen LogP contribution in [0.15, 0.2) is 30.3 Å². The Morgan fingerprint density at radius 2 is 1.80 bits per heavy atom. The lowest BCUT2D eigenvalue weighted by Gasteiger charge is -2.16. The number of hydrogen-bond acceptors (Lipinski definition) is 1. The van der Waals surface area contributed by atoms with Crippen LogP contribution in [0.5, 0.6) is 0 Å². The molecule has 0 bridgehead atoms. The summed E-state index contributed by atoms with van der Waals surface area (Å²) in [6, 6.07) is 11.8. The van der Waals surface area contributed by atoms with Crippen molar-refractivity contribution in [2.75, 3.05) is 11.9 Å². The van der Waals surface area contributed by atoms with E-state index in [0.717, 1.165) is 16.1 Å². The summed E-state index contributed by atoms with van der Waals surface area (Å²) in [7, 11) is 1.07. The molecule has 82 valence electrons. The smallest absolute Gasteiger partial charge is 0.0445 e. The molecule has 0 spiro atoms. The molecule has 0 fully saturated rings. The second-order valence-electron chi connectivity index (χ2n) is 4.82. The molecule has 1 nitrogen and oxygen atoms in total. The van der Waals surface area contributed by atoms with Gasteiger partial charge < -0.3 is 5.32 Å². The highest BCUT2D eigenvalue weighted by atomic mass is 28.2. The van der Waals surface area contributed by atoms with Gasteiger partial charge in [-0.15, -0.1) is 0 Å². The van der Waals surface area contributed by atoms with E-state index in [1.165, 1.54) is 18.2 Å². The molecule has 0 saturated carbocycles. The molecule has 0 aliphatic heterocycles. The fourth-order valence-corrected chi connectivity index (χ4v) is 2.44. The van der Waals surface area contributed by atoms with E-state index in [4.69, 9.17) is 0 Å². The molecule has 2 heteroatoms. The highest BCUT2D eigenvalue weighted by molar-refractivity contribution is 6.39. The lowest BCUT2D eigenvalue weighted by Crippen LogP contribution is -2.10. The molecule has 1 N–H and O–H groups in total. The fourth-order valence-electron chi connectivity index (χ4n) is 1.34. The highest BCUT2D eigenvalue weighted by Gasteiger charge is 2.09. The van der Waals surface area contributed by atoms with Crippen LogP contribution in [0, 0.1) is 0 Å². The summed E-state index contributed by atoms with van der Waals surface area (Å²) in [5, 5.41) is 3.94. The first-order chi connectivity index (χ1) is 7.08. The van der Waals surface area contributed by atoms with Crippen molar-refractivity contribution >= 4 is 15.2 Å². The van der Waals surface area contributed by atoms with E-state index < -0.39 is 0 Å². The highest BCUT2D eigenvalue weighted by Crippen LogP contribution is 2.22. The monoisotopic (exact) mass is 219 g/mol. The molecule has 0 atom stereocenters. The predicted octanol–water partition coefficient (Wildman–Crippen LogP) is 3.83. The van der Waals surface area contributed by atoms with Gasteiger partial charge in [0.25, 0.3) is 0 Å². The van der Waals surface area contributed by atoms with Crippen LogP contribution in [0.1, 0.15) is 27.2 Å². The molecular formula is C13H21NSi. The Balaban J connectivity index is 2.08. The van der Waals surface area contributed by atoms with Crippen LogP contribution >= 0.6 is 0 Å². The van der Waals surface area contributed by atoms with Crippen LogP contribution in [0.25, 0.3) is 0 Å². The average Bonchev–Trinajstić information content (AvgIpc) is 2.17.